The molecule has 2 rings (SSSR count). The molecule has 1 heterocycles. The Morgan fingerprint density at radius 2 is 2.04 bits per heavy atom. The Bertz CT molecular complexity index is 817. The molecule has 0 aliphatic carbocycles. The Kier molecular flexibility index (Phi) is 4.87. The van der Waals surface area contributed by atoms with Crippen LogP contribution in [0.4, 0.5) is 10.1 Å². The summed E-state index contributed by atoms with van der Waals surface area (Å²) in [5.74, 6) is -2.63. The van der Waals surface area contributed by atoms with Crippen LogP contribution in [-0.2, 0) is 16.2 Å². The SMILES string of the molecule is Cc1nn(CC(=O)NOC(=O)c2ccccc2F)c(C)c1[N+](=O)[O-]. The number of hydroxylamine groups is 1. The van der Waals surface area contributed by atoms with Crippen LogP contribution in [0.3, 0.4) is 0 Å². The second-order valence-corrected chi connectivity index (χ2v) is 4.83. The average Bonchev–Trinajstić information content (AvgIpc) is 2.79. The lowest BCUT2D eigenvalue weighted by Gasteiger charge is -2.07. The number of nitro groups is 1. The van der Waals surface area contributed by atoms with Gasteiger partial charge in [0, 0.05) is 0 Å². The molecule has 0 spiro atoms. The molecule has 2 aromatic rings. The second kappa shape index (κ2) is 6.86. The summed E-state index contributed by atoms with van der Waals surface area (Å²) in [6.07, 6.45) is 0. The molecule has 1 aromatic heterocycles. The Balaban J connectivity index is 2.00. The molecule has 0 atom stereocenters. The predicted molar refractivity (Wildman–Crippen MR) is 78.3 cm³/mol. The van der Waals surface area contributed by atoms with Crippen LogP contribution >= 0.6 is 0 Å². The zero-order valence-electron chi connectivity index (χ0n) is 12.8. The van der Waals surface area contributed by atoms with Gasteiger partial charge in [0.2, 0.25) is 0 Å². The third-order valence-corrected chi connectivity index (χ3v) is 3.17. The van der Waals surface area contributed by atoms with Crippen LogP contribution in [0.15, 0.2) is 24.3 Å². The molecule has 0 unspecified atom stereocenters. The molecular weight excluding hydrogens is 323 g/mol. The number of hydrogen-bond donors (Lipinski definition) is 1. The van der Waals surface area contributed by atoms with Crippen molar-refractivity contribution < 1.29 is 23.7 Å². The summed E-state index contributed by atoms with van der Waals surface area (Å²) >= 11 is 0. The van der Waals surface area contributed by atoms with E-state index in [9.17, 15) is 24.1 Å². The van der Waals surface area contributed by atoms with Gasteiger partial charge in [-0.2, -0.15) is 10.6 Å². The van der Waals surface area contributed by atoms with Crippen molar-refractivity contribution in [1.29, 1.82) is 0 Å². The molecule has 24 heavy (non-hydrogen) atoms. The summed E-state index contributed by atoms with van der Waals surface area (Å²) < 4.78 is 14.5. The Morgan fingerprint density at radius 3 is 2.62 bits per heavy atom. The summed E-state index contributed by atoms with van der Waals surface area (Å²) in [5.41, 5.74) is 1.68. The molecule has 0 aliphatic rings. The molecule has 1 aromatic carbocycles. The van der Waals surface area contributed by atoms with Crippen molar-refractivity contribution in [2.45, 2.75) is 20.4 Å². The number of aryl methyl sites for hydroxylation is 1. The topological polar surface area (TPSA) is 116 Å². The molecular formula is C14H13FN4O5. The van der Waals surface area contributed by atoms with Crippen molar-refractivity contribution in [3.8, 4) is 0 Å². The highest BCUT2D eigenvalue weighted by Crippen LogP contribution is 2.21. The van der Waals surface area contributed by atoms with Crippen molar-refractivity contribution >= 4 is 17.6 Å². The first-order valence-electron chi connectivity index (χ1n) is 6.74. The van der Waals surface area contributed by atoms with Crippen LogP contribution in [0.5, 0.6) is 0 Å². The van der Waals surface area contributed by atoms with Crippen LogP contribution in [0, 0.1) is 29.8 Å². The molecule has 0 aliphatic heterocycles. The number of nitrogens with zero attached hydrogens (tertiary/aromatic N) is 3. The maximum absolute atomic E-state index is 13.4. The zero-order valence-corrected chi connectivity index (χ0v) is 12.8. The van der Waals surface area contributed by atoms with Crippen LogP contribution in [0.1, 0.15) is 21.7 Å². The Hall–Kier alpha value is -3.30. The number of rotatable bonds is 4. The van der Waals surface area contributed by atoms with Gasteiger partial charge < -0.3 is 4.84 Å². The fourth-order valence-corrected chi connectivity index (χ4v) is 2.06. The van der Waals surface area contributed by atoms with Gasteiger partial charge in [0.15, 0.2) is 0 Å². The van der Waals surface area contributed by atoms with Crippen LogP contribution in [-0.4, -0.2) is 26.6 Å². The number of halogens is 1. The lowest BCUT2D eigenvalue weighted by atomic mass is 10.2. The van der Waals surface area contributed by atoms with Crippen molar-refractivity contribution in [3.63, 3.8) is 0 Å². The van der Waals surface area contributed by atoms with Crippen molar-refractivity contribution in [2.75, 3.05) is 0 Å². The quantitative estimate of drug-likeness (QED) is 0.667. The first-order chi connectivity index (χ1) is 11.3. The van der Waals surface area contributed by atoms with Gasteiger partial charge in [-0.15, -0.1) is 0 Å². The predicted octanol–water partition coefficient (Wildman–Crippen LogP) is 1.44. The minimum Gasteiger partial charge on any atom is -0.335 e. The van der Waals surface area contributed by atoms with Gasteiger partial charge >= 0.3 is 11.7 Å². The summed E-state index contributed by atoms with van der Waals surface area (Å²) in [6.45, 7) is 2.49. The van der Waals surface area contributed by atoms with E-state index in [1.54, 1.807) is 0 Å². The van der Waals surface area contributed by atoms with E-state index < -0.39 is 29.2 Å². The number of carbonyl (C=O) groups excluding carboxylic acids is 2. The van der Waals surface area contributed by atoms with E-state index in [-0.39, 0.29) is 22.6 Å². The van der Waals surface area contributed by atoms with E-state index in [0.717, 1.165) is 10.7 Å². The van der Waals surface area contributed by atoms with E-state index in [1.165, 1.54) is 32.0 Å². The molecule has 126 valence electrons. The smallest absolute Gasteiger partial charge is 0.335 e. The van der Waals surface area contributed by atoms with Crippen LogP contribution in [0.25, 0.3) is 0 Å². The number of benzene rings is 1. The molecule has 0 bridgehead atoms. The fraction of sp³-hybridized carbons (Fsp3) is 0.214. The van der Waals surface area contributed by atoms with Crippen molar-refractivity contribution in [2.24, 2.45) is 0 Å². The van der Waals surface area contributed by atoms with Crippen LogP contribution < -0.4 is 5.48 Å². The molecule has 1 amide bonds. The van der Waals surface area contributed by atoms with Crippen molar-refractivity contribution in [3.05, 3.63) is 57.1 Å². The van der Waals surface area contributed by atoms with Gasteiger partial charge in [0.1, 0.15) is 23.7 Å². The minimum atomic E-state index is -1.07. The molecule has 0 saturated heterocycles. The normalized spacial score (nSPS) is 10.3. The summed E-state index contributed by atoms with van der Waals surface area (Å²) in [5, 5.41) is 14.8. The molecule has 9 nitrogen and oxygen atoms in total. The zero-order chi connectivity index (χ0) is 17.9. The van der Waals surface area contributed by atoms with Crippen molar-refractivity contribution in [1.82, 2.24) is 15.3 Å². The number of aromatic nitrogens is 2. The lowest BCUT2D eigenvalue weighted by Crippen LogP contribution is -2.31. The third-order valence-electron chi connectivity index (χ3n) is 3.17. The molecule has 10 heteroatoms. The Morgan fingerprint density at radius 1 is 1.38 bits per heavy atom. The molecule has 1 N–H and O–H groups in total. The first-order valence-corrected chi connectivity index (χ1v) is 6.74. The first kappa shape index (κ1) is 17.1. The van der Waals surface area contributed by atoms with Gasteiger partial charge in [0.25, 0.3) is 5.91 Å². The standard InChI is InChI=1S/C14H13FN4O5/c1-8-13(19(22)23)9(2)18(16-8)7-12(20)17-24-14(21)10-5-3-4-6-11(10)15/h3-6H,7H2,1-2H3,(H,17,20). The number of hydrogen-bond acceptors (Lipinski definition) is 6. The van der Waals surface area contributed by atoms with E-state index >= 15 is 0 Å². The van der Waals surface area contributed by atoms with E-state index in [1.807, 2.05) is 5.48 Å². The van der Waals surface area contributed by atoms with E-state index in [4.69, 9.17) is 0 Å². The maximum Gasteiger partial charge on any atom is 0.365 e. The van der Waals surface area contributed by atoms with E-state index in [2.05, 4.69) is 9.94 Å². The van der Waals surface area contributed by atoms with E-state index in [0.29, 0.717) is 0 Å². The molecule has 0 radical (unpaired) electrons. The van der Waals surface area contributed by atoms with Gasteiger partial charge in [-0.3, -0.25) is 19.6 Å². The second-order valence-electron chi connectivity index (χ2n) is 4.83. The number of amides is 1. The highest BCUT2D eigenvalue weighted by molar-refractivity contribution is 5.90. The average molecular weight is 336 g/mol. The van der Waals surface area contributed by atoms with Gasteiger partial charge in [-0.25, -0.2) is 9.18 Å². The molecule has 0 fully saturated rings. The van der Waals surface area contributed by atoms with Gasteiger partial charge in [-0.05, 0) is 26.0 Å². The fourth-order valence-electron chi connectivity index (χ4n) is 2.06. The summed E-state index contributed by atoms with van der Waals surface area (Å²) in [4.78, 5) is 38.2. The summed E-state index contributed by atoms with van der Waals surface area (Å²) in [7, 11) is 0. The van der Waals surface area contributed by atoms with Gasteiger partial charge in [-0.1, -0.05) is 12.1 Å². The molecule has 0 saturated carbocycles. The summed E-state index contributed by atoms with van der Waals surface area (Å²) in [6, 6.07) is 5.12. The minimum absolute atomic E-state index is 0.161. The highest BCUT2D eigenvalue weighted by Gasteiger charge is 2.23. The van der Waals surface area contributed by atoms with Gasteiger partial charge in [0.05, 0.1) is 10.5 Å². The lowest BCUT2D eigenvalue weighted by molar-refractivity contribution is -0.386. The Labute approximate surface area is 135 Å². The number of nitrogens with one attached hydrogen (secondary N) is 1. The van der Waals surface area contributed by atoms with Crippen LogP contribution in [0.2, 0.25) is 0 Å². The highest BCUT2D eigenvalue weighted by atomic mass is 19.1. The maximum atomic E-state index is 13.4. The largest absolute Gasteiger partial charge is 0.365 e. The third kappa shape index (κ3) is 3.54. The monoisotopic (exact) mass is 336 g/mol. The number of carbonyl (C=O) groups is 2.